The van der Waals surface area contributed by atoms with E-state index in [1.54, 1.807) is 6.92 Å². The molecule has 2 heterocycles. The van der Waals surface area contributed by atoms with Gasteiger partial charge in [-0.25, -0.2) is 0 Å². The van der Waals surface area contributed by atoms with Crippen LogP contribution in [-0.4, -0.2) is 56.9 Å². The second-order valence-corrected chi connectivity index (χ2v) is 6.82. The summed E-state index contributed by atoms with van der Waals surface area (Å²) in [6.45, 7) is 2.97. The van der Waals surface area contributed by atoms with Crippen molar-refractivity contribution in [1.82, 2.24) is 14.8 Å². The van der Waals surface area contributed by atoms with Gasteiger partial charge < -0.3 is 14.9 Å². The van der Waals surface area contributed by atoms with Crippen molar-refractivity contribution in [1.29, 1.82) is 0 Å². The molecule has 130 valence electrons. The van der Waals surface area contributed by atoms with Gasteiger partial charge in [-0.2, -0.15) is 0 Å². The van der Waals surface area contributed by atoms with Crippen LogP contribution in [0.5, 0.6) is 5.75 Å². The van der Waals surface area contributed by atoms with Crippen LogP contribution in [0.1, 0.15) is 55.8 Å². The highest BCUT2D eigenvalue weighted by Crippen LogP contribution is 2.30. The fourth-order valence-corrected chi connectivity index (χ4v) is 3.76. The molecule has 1 saturated heterocycles. The molecule has 2 fully saturated rings. The summed E-state index contributed by atoms with van der Waals surface area (Å²) in [4.78, 5) is 32.4. The molecule has 1 aliphatic heterocycles. The van der Waals surface area contributed by atoms with Crippen LogP contribution in [0.2, 0.25) is 0 Å². The topological polar surface area (TPSA) is 73.7 Å². The molecule has 1 N–H and O–H groups in total. The molecule has 1 aliphatic carbocycles. The minimum atomic E-state index is -0.0999. The number of amides is 2. The Balaban J connectivity index is 1.66. The Kier molecular flexibility index (Phi) is 5.02. The third kappa shape index (κ3) is 3.52. The largest absolute Gasteiger partial charge is 0.506 e. The first kappa shape index (κ1) is 16.7. The lowest BCUT2D eigenvalue weighted by atomic mass is 9.89. The number of carbonyl (C=O) groups is 2. The van der Waals surface area contributed by atoms with Gasteiger partial charge in [0.05, 0.1) is 11.8 Å². The van der Waals surface area contributed by atoms with Crippen LogP contribution >= 0.6 is 0 Å². The second-order valence-electron chi connectivity index (χ2n) is 6.82. The number of hydrogen-bond acceptors (Lipinski definition) is 4. The Labute approximate surface area is 142 Å². The van der Waals surface area contributed by atoms with Gasteiger partial charge in [0.2, 0.25) is 5.91 Å². The van der Waals surface area contributed by atoms with Crippen molar-refractivity contribution < 1.29 is 14.7 Å². The van der Waals surface area contributed by atoms with Gasteiger partial charge in [-0.1, -0.05) is 0 Å². The summed E-state index contributed by atoms with van der Waals surface area (Å²) >= 11 is 0. The predicted octanol–water partition coefficient (Wildman–Crippen LogP) is 2.18. The summed E-state index contributed by atoms with van der Waals surface area (Å²) in [6.07, 6.45) is 8.86. The fourth-order valence-electron chi connectivity index (χ4n) is 3.76. The smallest absolute Gasteiger partial charge is 0.255 e. The van der Waals surface area contributed by atoms with Crippen molar-refractivity contribution in [3.63, 3.8) is 0 Å². The van der Waals surface area contributed by atoms with E-state index in [-0.39, 0.29) is 23.6 Å². The van der Waals surface area contributed by atoms with Crippen molar-refractivity contribution in [3.8, 4) is 5.75 Å². The molecule has 0 radical (unpaired) electrons. The molecule has 0 bridgehead atoms. The van der Waals surface area contributed by atoms with Gasteiger partial charge in [0, 0.05) is 38.3 Å². The van der Waals surface area contributed by atoms with Crippen LogP contribution in [0.4, 0.5) is 0 Å². The molecule has 1 aromatic heterocycles. The molecule has 3 rings (SSSR count). The molecular formula is C18H25N3O3. The van der Waals surface area contributed by atoms with E-state index in [2.05, 4.69) is 9.88 Å². The standard InChI is InChI=1S/C18H25N3O3/c1-13(22)21(15-4-2-5-15)16-6-3-8-20(9-7-16)18(24)14-10-17(23)12-19-11-14/h10-12,15-16,23H,2-9H2,1H3/t16-/m1/s1. The molecule has 0 aromatic carbocycles. The summed E-state index contributed by atoms with van der Waals surface area (Å²) in [7, 11) is 0. The maximum atomic E-state index is 12.6. The van der Waals surface area contributed by atoms with Crippen molar-refractivity contribution >= 4 is 11.8 Å². The fraction of sp³-hybridized carbons (Fsp3) is 0.611. The van der Waals surface area contributed by atoms with Gasteiger partial charge in [0.1, 0.15) is 5.75 Å². The molecule has 1 atom stereocenters. The van der Waals surface area contributed by atoms with Gasteiger partial charge in [0.25, 0.3) is 5.91 Å². The van der Waals surface area contributed by atoms with Gasteiger partial charge in [-0.05, 0) is 44.6 Å². The summed E-state index contributed by atoms with van der Waals surface area (Å²) < 4.78 is 0. The van der Waals surface area contributed by atoms with E-state index < -0.39 is 0 Å². The predicted molar refractivity (Wildman–Crippen MR) is 89.6 cm³/mol. The Bertz CT molecular complexity index is 615. The number of likely N-dealkylation sites (tertiary alicyclic amines) is 1. The monoisotopic (exact) mass is 331 g/mol. The van der Waals surface area contributed by atoms with Crippen molar-refractivity contribution in [2.45, 2.75) is 57.5 Å². The van der Waals surface area contributed by atoms with Crippen molar-refractivity contribution in [2.75, 3.05) is 13.1 Å². The van der Waals surface area contributed by atoms with Gasteiger partial charge in [-0.15, -0.1) is 0 Å². The average molecular weight is 331 g/mol. The highest BCUT2D eigenvalue weighted by atomic mass is 16.3. The van der Waals surface area contributed by atoms with Gasteiger partial charge in [-0.3, -0.25) is 14.6 Å². The Morgan fingerprint density at radius 1 is 1.12 bits per heavy atom. The molecule has 6 nitrogen and oxygen atoms in total. The molecule has 24 heavy (non-hydrogen) atoms. The maximum Gasteiger partial charge on any atom is 0.255 e. The lowest BCUT2D eigenvalue weighted by Crippen LogP contribution is -2.49. The van der Waals surface area contributed by atoms with Gasteiger partial charge >= 0.3 is 0 Å². The third-order valence-electron chi connectivity index (χ3n) is 5.18. The van der Waals surface area contributed by atoms with E-state index in [9.17, 15) is 14.7 Å². The summed E-state index contributed by atoms with van der Waals surface area (Å²) in [5.74, 6) is 0.0556. The van der Waals surface area contributed by atoms with Crippen LogP contribution in [0.15, 0.2) is 18.5 Å². The Hall–Kier alpha value is -2.11. The van der Waals surface area contributed by atoms with E-state index in [0.29, 0.717) is 24.7 Å². The molecule has 0 spiro atoms. The zero-order valence-electron chi connectivity index (χ0n) is 14.1. The lowest BCUT2D eigenvalue weighted by molar-refractivity contribution is -0.136. The molecule has 2 amide bonds. The average Bonchev–Trinajstić information content (AvgIpc) is 2.75. The van der Waals surface area contributed by atoms with E-state index in [1.807, 2.05) is 4.90 Å². The van der Waals surface area contributed by atoms with Crippen LogP contribution in [0.25, 0.3) is 0 Å². The van der Waals surface area contributed by atoms with Gasteiger partial charge in [0.15, 0.2) is 0 Å². The molecule has 0 unspecified atom stereocenters. The number of nitrogens with zero attached hydrogens (tertiary/aromatic N) is 3. The lowest BCUT2D eigenvalue weighted by Gasteiger charge is -2.42. The number of aromatic nitrogens is 1. The quantitative estimate of drug-likeness (QED) is 0.921. The van der Waals surface area contributed by atoms with Crippen molar-refractivity contribution in [2.24, 2.45) is 0 Å². The van der Waals surface area contributed by atoms with Crippen LogP contribution in [-0.2, 0) is 4.79 Å². The minimum Gasteiger partial charge on any atom is -0.506 e. The molecule has 1 aromatic rings. The van der Waals surface area contributed by atoms with E-state index >= 15 is 0 Å². The Morgan fingerprint density at radius 2 is 1.83 bits per heavy atom. The highest BCUT2D eigenvalue weighted by Gasteiger charge is 2.34. The zero-order chi connectivity index (χ0) is 17.1. The van der Waals surface area contributed by atoms with E-state index in [1.165, 1.54) is 24.9 Å². The summed E-state index contributed by atoms with van der Waals surface area (Å²) in [6, 6.07) is 2.08. The number of rotatable bonds is 3. The van der Waals surface area contributed by atoms with Crippen LogP contribution in [0.3, 0.4) is 0 Å². The van der Waals surface area contributed by atoms with Crippen LogP contribution in [0, 0.1) is 0 Å². The normalized spacial score (nSPS) is 21.7. The molecule has 1 saturated carbocycles. The van der Waals surface area contributed by atoms with E-state index in [0.717, 1.165) is 32.1 Å². The minimum absolute atomic E-state index is 0.00119. The second kappa shape index (κ2) is 7.20. The first-order valence-electron chi connectivity index (χ1n) is 8.78. The number of aromatic hydroxyl groups is 1. The SMILES string of the molecule is CC(=O)N(C1CCC1)[C@@H]1CCCN(C(=O)c2cncc(O)c2)CC1. The first-order valence-corrected chi connectivity index (χ1v) is 8.78. The van der Waals surface area contributed by atoms with Crippen LogP contribution < -0.4 is 0 Å². The highest BCUT2D eigenvalue weighted by molar-refractivity contribution is 5.94. The summed E-state index contributed by atoms with van der Waals surface area (Å²) in [5, 5.41) is 9.51. The number of hydrogen-bond donors (Lipinski definition) is 1. The third-order valence-corrected chi connectivity index (χ3v) is 5.18. The van der Waals surface area contributed by atoms with Crippen molar-refractivity contribution in [3.05, 3.63) is 24.0 Å². The molecule has 2 aliphatic rings. The zero-order valence-corrected chi connectivity index (χ0v) is 14.1. The number of carbonyl (C=O) groups excluding carboxylic acids is 2. The maximum absolute atomic E-state index is 12.6. The summed E-state index contributed by atoms with van der Waals surface area (Å²) in [5.41, 5.74) is 0.413. The number of pyridine rings is 1. The molecule has 6 heteroatoms. The Morgan fingerprint density at radius 3 is 2.46 bits per heavy atom. The molecular weight excluding hydrogens is 306 g/mol. The first-order chi connectivity index (χ1) is 11.6. The van der Waals surface area contributed by atoms with E-state index in [4.69, 9.17) is 0 Å².